The van der Waals surface area contributed by atoms with Crippen LogP contribution in [0.4, 0.5) is 10.1 Å². The normalized spacial score (nSPS) is 11.8. The van der Waals surface area contributed by atoms with Gasteiger partial charge in [0, 0.05) is 34.5 Å². The highest BCUT2D eigenvalue weighted by atomic mass is 19.1. The summed E-state index contributed by atoms with van der Waals surface area (Å²) in [6.45, 7) is 5.58. The molecule has 3 N–H and O–H groups in total. The number of nitrogens with zero attached hydrogens (tertiary/aromatic N) is 4. The Balaban J connectivity index is 1.39. The van der Waals surface area contributed by atoms with E-state index in [1.165, 1.54) is 12.1 Å². The molecule has 0 bridgehead atoms. The van der Waals surface area contributed by atoms with Crippen LogP contribution in [-0.4, -0.2) is 36.0 Å². The van der Waals surface area contributed by atoms with E-state index >= 15 is 0 Å². The number of pyridine rings is 2. The molecule has 2 aromatic carbocycles. The van der Waals surface area contributed by atoms with Gasteiger partial charge in [-0.05, 0) is 35.9 Å². The van der Waals surface area contributed by atoms with E-state index < -0.39 is 5.41 Å². The van der Waals surface area contributed by atoms with Gasteiger partial charge in [-0.1, -0.05) is 45.0 Å². The van der Waals surface area contributed by atoms with Crippen molar-refractivity contribution in [1.29, 1.82) is 0 Å². The standard InChI is InChI=1S/C29H24FN7O/c1-29(2,3)28(38)33-20-11-17(13-31-15-20)18-12-22-25(36-37-26(22)32-14-18)27-34-23-6-4-5-21(24(23)35-27)16-7-9-19(30)10-8-16/h4-15H,1-3H3,(H,33,38)(H,34,35)(H,32,36,37). The van der Waals surface area contributed by atoms with E-state index in [2.05, 4.69) is 30.5 Å². The molecule has 9 heteroatoms. The predicted octanol–water partition coefficient (Wildman–Crippen LogP) is 6.35. The Kier molecular flexibility index (Phi) is 5.48. The summed E-state index contributed by atoms with van der Waals surface area (Å²) >= 11 is 0. The fourth-order valence-electron chi connectivity index (χ4n) is 4.24. The lowest BCUT2D eigenvalue weighted by atomic mass is 9.95. The SMILES string of the molecule is CC(C)(C)C(=O)Nc1cncc(-c2cnc3n[nH]c(-c4nc5c(-c6ccc(F)cc6)cccc5[nH]4)c3c2)c1. The Bertz CT molecular complexity index is 1810. The molecule has 0 saturated carbocycles. The number of carbonyl (C=O) groups excluding carboxylic acids is 1. The van der Waals surface area contributed by atoms with E-state index in [0.717, 1.165) is 38.7 Å². The minimum atomic E-state index is -0.523. The number of hydrogen-bond donors (Lipinski definition) is 3. The first kappa shape index (κ1) is 23.5. The van der Waals surface area contributed by atoms with Crippen molar-refractivity contribution in [2.24, 2.45) is 5.41 Å². The number of rotatable bonds is 4. The Morgan fingerprint density at radius 1 is 0.947 bits per heavy atom. The van der Waals surface area contributed by atoms with E-state index in [1.807, 2.05) is 51.1 Å². The fraction of sp³-hybridized carbons (Fsp3) is 0.138. The number of amides is 1. The molecule has 4 aromatic heterocycles. The average molecular weight is 506 g/mol. The smallest absolute Gasteiger partial charge is 0.229 e. The molecule has 8 nitrogen and oxygen atoms in total. The van der Waals surface area contributed by atoms with Crippen LogP contribution in [0.15, 0.2) is 73.2 Å². The monoisotopic (exact) mass is 505 g/mol. The van der Waals surface area contributed by atoms with E-state index in [0.29, 0.717) is 22.9 Å². The van der Waals surface area contributed by atoms with Crippen LogP contribution >= 0.6 is 0 Å². The van der Waals surface area contributed by atoms with Gasteiger partial charge in [-0.25, -0.2) is 14.4 Å². The molecule has 0 saturated heterocycles. The second kappa shape index (κ2) is 8.88. The lowest BCUT2D eigenvalue weighted by Crippen LogP contribution is -2.27. The molecule has 0 spiro atoms. The summed E-state index contributed by atoms with van der Waals surface area (Å²) in [5.41, 5.74) is 6.35. The number of benzene rings is 2. The topological polar surface area (TPSA) is 112 Å². The third-order valence-electron chi connectivity index (χ3n) is 6.32. The molecule has 0 unspecified atom stereocenters. The van der Waals surface area contributed by atoms with Crippen molar-refractivity contribution < 1.29 is 9.18 Å². The largest absolute Gasteiger partial charge is 0.337 e. The molecule has 0 aliphatic carbocycles. The van der Waals surface area contributed by atoms with Gasteiger partial charge in [0.1, 0.15) is 11.5 Å². The molecular weight excluding hydrogens is 481 g/mol. The molecule has 0 aliphatic rings. The number of fused-ring (bicyclic) bond motifs is 2. The van der Waals surface area contributed by atoms with E-state index in [-0.39, 0.29) is 11.7 Å². The number of halogens is 1. The number of aromatic nitrogens is 6. The summed E-state index contributed by atoms with van der Waals surface area (Å²) in [4.78, 5) is 29.5. The maximum Gasteiger partial charge on any atom is 0.229 e. The van der Waals surface area contributed by atoms with Gasteiger partial charge in [0.25, 0.3) is 0 Å². The van der Waals surface area contributed by atoms with Gasteiger partial charge in [0.05, 0.1) is 28.3 Å². The molecule has 6 aromatic rings. The number of hydrogen-bond acceptors (Lipinski definition) is 5. The lowest BCUT2D eigenvalue weighted by Gasteiger charge is -2.17. The highest BCUT2D eigenvalue weighted by molar-refractivity contribution is 5.98. The third-order valence-corrected chi connectivity index (χ3v) is 6.32. The molecule has 188 valence electrons. The third kappa shape index (κ3) is 4.28. The first-order chi connectivity index (χ1) is 18.3. The van der Waals surface area contributed by atoms with Crippen molar-refractivity contribution in [1.82, 2.24) is 30.1 Å². The van der Waals surface area contributed by atoms with Crippen molar-refractivity contribution in [3.05, 3.63) is 79.0 Å². The van der Waals surface area contributed by atoms with Gasteiger partial charge in [0.2, 0.25) is 5.91 Å². The predicted molar refractivity (Wildman–Crippen MR) is 146 cm³/mol. The van der Waals surface area contributed by atoms with Crippen LogP contribution in [-0.2, 0) is 4.79 Å². The minimum absolute atomic E-state index is 0.0907. The Labute approximate surface area is 217 Å². The molecule has 1 amide bonds. The Hall–Kier alpha value is -4.92. The number of nitrogens with one attached hydrogen (secondary N) is 3. The second-order valence-electron chi connectivity index (χ2n) is 10.2. The zero-order valence-electron chi connectivity index (χ0n) is 21.0. The number of aromatic amines is 2. The van der Waals surface area contributed by atoms with Gasteiger partial charge in [0.15, 0.2) is 11.5 Å². The number of para-hydroxylation sites is 1. The molecular formula is C29H24FN7O. The average Bonchev–Trinajstić information content (AvgIpc) is 3.52. The van der Waals surface area contributed by atoms with Gasteiger partial charge in [-0.15, -0.1) is 0 Å². The van der Waals surface area contributed by atoms with Crippen molar-refractivity contribution in [2.45, 2.75) is 20.8 Å². The van der Waals surface area contributed by atoms with E-state index in [1.54, 1.807) is 30.7 Å². The summed E-state index contributed by atoms with van der Waals surface area (Å²) in [6.07, 6.45) is 5.07. The highest BCUT2D eigenvalue weighted by Gasteiger charge is 2.21. The van der Waals surface area contributed by atoms with E-state index in [9.17, 15) is 9.18 Å². The Morgan fingerprint density at radius 3 is 2.53 bits per heavy atom. The van der Waals surface area contributed by atoms with Crippen molar-refractivity contribution >= 4 is 33.7 Å². The molecule has 0 atom stereocenters. The number of anilines is 1. The molecule has 0 aliphatic heterocycles. The maximum atomic E-state index is 13.5. The Morgan fingerprint density at radius 2 is 1.74 bits per heavy atom. The van der Waals surface area contributed by atoms with Crippen molar-refractivity contribution in [3.8, 4) is 33.8 Å². The number of imidazole rings is 1. The molecule has 38 heavy (non-hydrogen) atoms. The molecule has 0 fully saturated rings. The van der Waals surface area contributed by atoms with Gasteiger partial charge >= 0.3 is 0 Å². The number of carbonyl (C=O) groups is 1. The number of H-pyrrole nitrogens is 2. The quantitative estimate of drug-likeness (QED) is 0.258. The van der Waals surface area contributed by atoms with Gasteiger partial charge in [-0.2, -0.15) is 5.10 Å². The van der Waals surface area contributed by atoms with Crippen LogP contribution in [0.3, 0.4) is 0 Å². The van der Waals surface area contributed by atoms with Crippen LogP contribution in [0, 0.1) is 11.2 Å². The second-order valence-corrected chi connectivity index (χ2v) is 10.2. The first-order valence-corrected chi connectivity index (χ1v) is 12.1. The summed E-state index contributed by atoms with van der Waals surface area (Å²) in [7, 11) is 0. The van der Waals surface area contributed by atoms with Crippen molar-refractivity contribution in [2.75, 3.05) is 5.32 Å². The fourth-order valence-corrected chi connectivity index (χ4v) is 4.24. The van der Waals surface area contributed by atoms with E-state index in [4.69, 9.17) is 4.98 Å². The van der Waals surface area contributed by atoms with Gasteiger partial charge in [-0.3, -0.25) is 14.9 Å². The highest BCUT2D eigenvalue weighted by Crippen LogP contribution is 2.33. The van der Waals surface area contributed by atoms with Crippen LogP contribution in [0.5, 0.6) is 0 Å². The zero-order chi connectivity index (χ0) is 26.4. The van der Waals surface area contributed by atoms with Crippen molar-refractivity contribution in [3.63, 3.8) is 0 Å². The van der Waals surface area contributed by atoms with Crippen LogP contribution in [0.25, 0.3) is 55.8 Å². The summed E-state index contributed by atoms with van der Waals surface area (Å²) in [6, 6.07) is 16.1. The van der Waals surface area contributed by atoms with Gasteiger partial charge < -0.3 is 10.3 Å². The molecule has 4 heterocycles. The van der Waals surface area contributed by atoms with Crippen LogP contribution in [0.1, 0.15) is 20.8 Å². The first-order valence-electron chi connectivity index (χ1n) is 12.1. The zero-order valence-corrected chi connectivity index (χ0v) is 21.0. The lowest BCUT2D eigenvalue weighted by molar-refractivity contribution is -0.123. The van der Waals surface area contributed by atoms with Crippen LogP contribution in [0.2, 0.25) is 0 Å². The summed E-state index contributed by atoms with van der Waals surface area (Å²) < 4.78 is 13.5. The summed E-state index contributed by atoms with van der Waals surface area (Å²) in [5.74, 6) is 0.237. The molecule has 6 rings (SSSR count). The minimum Gasteiger partial charge on any atom is -0.337 e. The summed E-state index contributed by atoms with van der Waals surface area (Å²) in [5, 5.41) is 11.1. The molecule has 0 radical (unpaired) electrons. The maximum absolute atomic E-state index is 13.5. The van der Waals surface area contributed by atoms with Crippen LogP contribution < -0.4 is 5.32 Å².